The van der Waals surface area contributed by atoms with Crippen LogP contribution in [0.2, 0.25) is 0 Å². The van der Waals surface area contributed by atoms with Crippen LogP contribution < -0.4 is 0 Å². The van der Waals surface area contributed by atoms with Crippen molar-refractivity contribution in [3.63, 3.8) is 0 Å². The summed E-state index contributed by atoms with van der Waals surface area (Å²) in [5.41, 5.74) is 0.840. The van der Waals surface area contributed by atoms with Crippen LogP contribution in [0.3, 0.4) is 0 Å². The van der Waals surface area contributed by atoms with E-state index in [1.54, 1.807) is 12.1 Å². The zero-order valence-corrected chi connectivity index (χ0v) is 11.3. The van der Waals surface area contributed by atoms with E-state index in [1.165, 1.54) is 18.6 Å². The van der Waals surface area contributed by atoms with Crippen LogP contribution in [0.4, 0.5) is 4.39 Å². The third-order valence-electron chi connectivity index (χ3n) is 3.47. The Balaban J connectivity index is 1.89. The zero-order valence-electron chi connectivity index (χ0n) is 11.3. The van der Waals surface area contributed by atoms with Gasteiger partial charge in [-0.05, 0) is 57.0 Å². The molecule has 1 N–H and O–H groups in total. The molecule has 0 saturated carbocycles. The topological polar surface area (TPSA) is 23.5 Å². The van der Waals surface area contributed by atoms with Gasteiger partial charge in [0.1, 0.15) is 5.82 Å². The Morgan fingerprint density at radius 3 is 2.84 bits per heavy atom. The van der Waals surface area contributed by atoms with Crippen LogP contribution in [0.1, 0.15) is 31.7 Å². The van der Waals surface area contributed by atoms with Gasteiger partial charge in [0.15, 0.2) is 0 Å². The second-order valence-electron chi connectivity index (χ2n) is 5.16. The number of rotatable bonds is 3. The van der Waals surface area contributed by atoms with Crippen LogP contribution >= 0.6 is 0 Å². The van der Waals surface area contributed by atoms with E-state index in [0.29, 0.717) is 6.04 Å². The predicted octanol–water partition coefficient (Wildman–Crippen LogP) is 2.41. The van der Waals surface area contributed by atoms with Crippen molar-refractivity contribution in [2.75, 3.05) is 13.1 Å². The summed E-state index contributed by atoms with van der Waals surface area (Å²) in [5, 5.41) is 9.46. The highest BCUT2D eigenvalue weighted by molar-refractivity contribution is 5.34. The first-order valence-corrected chi connectivity index (χ1v) is 6.81. The quantitative estimate of drug-likeness (QED) is 0.845. The number of hydrogen-bond acceptors (Lipinski definition) is 2. The van der Waals surface area contributed by atoms with Gasteiger partial charge in [0.2, 0.25) is 0 Å². The molecule has 1 aliphatic rings. The molecular weight excluding hydrogens is 241 g/mol. The second-order valence-corrected chi connectivity index (χ2v) is 5.16. The molecule has 1 aliphatic heterocycles. The first kappa shape index (κ1) is 14.0. The summed E-state index contributed by atoms with van der Waals surface area (Å²) in [6.45, 7) is 3.60. The minimum Gasteiger partial charge on any atom is -0.393 e. The first-order valence-electron chi connectivity index (χ1n) is 6.81. The molecule has 1 heterocycles. The van der Waals surface area contributed by atoms with Gasteiger partial charge in [-0.15, -0.1) is 0 Å². The molecule has 0 radical (unpaired) electrons. The van der Waals surface area contributed by atoms with Crippen LogP contribution in [-0.4, -0.2) is 35.2 Å². The molecule has 2 rings (SSSR count). The van der Waals surface area contributed by atoms with Gasteiger partial charge in [-0.2, -0.15) is 0 Å². The van der Waals surface area contributed by atoms with E-state index in [9.17, 15) is 9.50 Å². The third kappa shape index (κ3) is 4.34. The zero-order chi connectivity index (χ0) is 13.7. The molecule has 0 aliphatic carbocycles. The van der Waals surface area contributed by atoms with Crippen molar-refractivity contribution in [1.82, 2.24) is 4.90 Å². The number of halogens is 1. The smallest absolute Gasteiger partial charge is 0.123 e. The highest BCUT2D eigenvalue weighted by Gasteiger charge is 2.24. The van der Waals surface area contributed by atoms with E-state index in [-0.39, 0.29) is 11.9 Å². The molecule has 3 heteroatoms. The summed E-state index contributed by atoms with van der Waals surface area (Å²) < 4.78 is 12.7. The van der Waals surface area contributed by atoms with Gasteiger partial charge in [-0.3, -0.25) is 4.90 Å². The minimum absolute atomic E-state index is 0.234. The summed E-state index contributed by atoms with van der Waals surface area (Å²) in [7, 11) is 0. The lowest BCUT2D eigenvalue weighted by Crippen LogP contribution is -2.32. The average Bonchev–Trinajstić information content (AvgIpc) is 2.78. The molecule has 2 atom stereocenters. The van der Waals surface area contributed by atoms with Crippen LogP contribution in [0, 0.1) is 17.7 Å². The Morgan fingerprint density at radius 1 is 1.42 bits per heavy atom. The average molecular weight is 261 g/mol. The molecule has 1 aromatic carbocycles. The molecule has 0 bridgehead atoms. The van der Waals surface area contributed by atoms with Crippen molar-refractivity contribution in [3.05, 3.63) is 35.6 Å². The first-order chi connectivity index (χ1) is 9.15. The highest BCUT2D eigenvalue weighted by Crippen LogP contribution is 2.20. The largest absolute Gasteiger partial charge is 0.393 e. The van der Waals surface area contributed by atoms with Gasteiger partial charge < -0.3 is 5.11 Å². The van der Waals surface area contributed by atoms with Crippen molar-refractivity contribution < 1.29 is 9.50 Å². The second kappa shape index (κ2) is 6.70. The Kier molecular flexibility index (Phi) is 4.95. The van der Waals surface area contributed by atoms with Crippen molar-refractivity contribution in [2.45, 2.75) is 38.3 Å². The van der Waals surface area contributed by atoms with Crippen LogP contribution in [0.5, 0.6) is 0 Å². The van der Waals surface area contributed by atoms with E-state index in [4.69, 9.17) is 0 Å². The maximum atomic E-state index is 12.7. The Labute approximate surface area is 114 Å². The third-order valence-corrected chi connectivity index (χ3v) is 3.47. The van der Waals surface area contributed by atoms with Crippen molar-refractivity contribution in [3.8, 4) is 11.8 Å². The summed E-state index contributed by atoms with van der Waals surface area (Å²) in [6.07, 6.45) is 2.88. The maximum Gasteiger partial charge on any atom is 0.123 e. The van der Waals surface area contributed by atoms with E-state index in [0.717, 1.165) is 31.5 Å². The number of aliphatic hydroxyl groups is 1. The molecule has 1 fully saturated rings. The number of benzene rings is 1. The van der Waals surface area contributed by atoms with Crippen molar-refractivity contribution >= 4 is 0 Å². The Bertz CT molecular complexity index is 458. The molecule has 0 amide bonds. The number of likely N-dealkylation sites (tertiary alicyclic amines) is 1. The molecule has 2 nitrogen and oxygen atoms in total. The lowest BCUT2D eigenvalue weighted by Gasteiger charge is -2.23. The number of aliphatic hydroxyl groups excluding tert-OH is 1. The molecule has 1 aromatic rings. The standard InChI is InChI=1S/C16H20FNO/c1-13(19)12-16-5-3-11-18(16)10-2-4-14-6-8-15(17)9-7-14/h6-9,13,16,19H,3,5,10-12H2,1H3. The van der Waals surface area contributed by atoms with Gasteiger partial charge in [0.05, 0.1) is 12.6 Å². The molecular formula is C16H20FNO. The normalized spacial score (nSPS) is 20.9. The lowest BCUT2D eigenvalue weighted by molar-refractivity contribution is 0.140. The van der Waals surface area contributed by atoms with Gasteiger partial charge in [0.25, 0.3) is 0 Å². The van der Waals surface area contributed by atoms with E-state index >= 15 is 0 Å². The number of hydrogen-bond donors (Lipinski definition) is 1. The molecule has 0 aromatic heterocycles. The summed E-state index contributed by atoms with van der Waals surface area (Å²) >= 11 is 0. The fraction of sp³-hybridized carbons (Fsp3) is 0.500. The lowest BCUT2D eigenvalue weighted by atomic mass is 10.1. The van der Waals surface area contributed by atoms with Crippen molar-refractivity contribution in [2.24, 2.45) is 0 Å². The van der Waals surface area contributed by atoms with Crippen LogP contribution in [-0.2, 0) is 0 Å². The fourth-order valence-electron chi connectivity index (χ4n) is 2.54. The Hall–Kier alpha value is -1.37. The summed E-state index contributed by atoms with van der Waals surface area (Å²) in [6, 6.07) is 6.69. The van der Waals surface area contributed by atoms with Crippen LogP contribution in [0.25, 0.3) is 0 Å². The fourth-order valence-corrected chi connectivity index (χ4v) is 2.54. The predicted molar refractivity (Wildman–Crippen MR) is 74.2 cm³/mol. The maximum absolute atomic E-state index is 12.7. The van der Waals surface area contributed by atoms with Crippen LogP contribution in [0.15, 0.2) is 24.3 Å². The minimum atomic E-state index is -0.254. The number of nitrogens with zero attached hydrogens (tertiary/aromatic N) is 1. The van der Waals surface area contributed by atoms with Gasteiger partial charge >= 0.3 is 0 Å². The van der Waals surface area contributed by atoms with E-state index in [1.807, 2.05) is 6.92 Å². The van der Waals surface area contributed by atoms with Crippen molar-refractivity contribution in [1.29, 1.82) is 0 Å². The van der Waals surface area contributed by atoms with E-state index < -0.39 is 0 Å². The molecule has 0 spiro atoms. The molecule has 19 heavy (non-hydrogen) atoms. The SMILES string of the molecule is CC(O)CC1CCCN1CC#Cc1ccc(F)cc1. The molecule has 102 valence electrons. The highest BCUT2D eigenvalue weighted by atomic mass is 19.1. The van der Waals surface area contributed by atoms with Gasteiger partial charge in [-0.25, -0.2) is 4.39 Å². The van der Waals surface area contributed by atoms with Gasteiger partial charge in [0, 0.05) is 11.6 Å². The summed E-state index contributed by atoms with van der Waals surface area (Å²) in [4.78, 5) is 2.32. The summed E-state index contributed by atoms with van der Waals surface area (Å²) in [5.74, 6) is 5.96. The molecule has 1 saturated heterocycles. The van der Waals surface area contributed by atoms with Gasteiger partial charge in [-0.1, -0.05) is 11.8 Å². The van der Waals surface area contributed by atoms with E-state index in [2.05, 4.69) is 16.7 Å². The molecule has 2 unspecified atom stereocenters. The monoisotopic (exact) mass is 261 g/mol. The Morgan fingerprint density at radius 2 is 2.16 bits per heavy atom.